The molecule has 0 bridgehead atoms. The molecule has 1 unspecified atom stereocenters. The van der Waals surface area contributed by atoms with Gasteiger partial charge in [-0.15, -0.1) is 0 Å². The molecule has 0 aliphatic rings. The zero-order valence-corrected chi connectivity index (χ0v) is 37.0. The highest BCUT2D eigenvalue weighted by molar-refractivity contribution is 6.19. The third kappa shape index (κ3) is 8.90. The summed E-state index contributed by atoms with van der Waals surface area (Å²) in [6.45, 7) is 2.12. The molecule has 67 heavy (non-hydrogen) atoms. The molecular weight excluding hydrogens is 821 g/mol. The van der Waals surface area contributed by atoms with Crippen LogP contribution in [0.2, 0.25) is 0 Å². The molecule has 0 aliphatic carbocycles. The standard InChI is InChI=1S/C46H34N2O2.C15H14N2/c1-29-10-8-15-32(24-29)34-18-22-43-40(26-34)37-20-21-38-41-27-35(19-23-44(41)50-46(38)45(37)49-43)33-16-9-17-36(25-33)39(30-11-4-2-5-12-30)28-42(48-47)31-13-6-3-7-14-31;16-14(12-7-3-1-4-8-12)11-15(17)13-9-5-2-6-10-13/h2-28,39,48H,47H2,1H3;1-11,16H,17H2/b42-28-;15-11-,16-14?. The fraction of sp³-hybridized carbons (Fsp3) is 0.0328. The third-order valence-electron chi connectivity index (χ3n) is 12.2. The van der Waals surface area contributed by atoms with Crippen LogP contribution in [0.15, 0.2) is 239 Å². The van der Waals surface area contributed by atoms with Gasteiger partial charge in [0.25, 0.3) is 0 Å². The van der Waals surface area contributed by atoms with Crippen molar-refractivity contribution >= 4 is 61.0 Å². The lowest BCUT2D eigenvalue weighted by molar-refractivity contribution is 0.633. The van der Waals surface area contributed by atoms with E-state index in [1.807, 2.05) is 84.9 Å². The van der Waals surface area contributed by atoms with Gasteiger partial charge in [0.1, 0.15) is 11.2 Å². The molecule has 0 amide bonds. The number of rotatable bonds is 10. The van der Waals surface area contributed by atoms with Crippen molar-refractivity contribution in [2.24, 2.45) is 11.6 Å². The van der Waals surface area contributed by atoms with E-state index in [0.717, 1.165) is 77.4 Å². The lowest BCUT2D eigenvalue weighted by Gasteiger charge is -2.18. The predicted molar refractivity (Wildman–Crippen MR) is 279 cm³/mol. The SMILES string of the molecule is Cc1cccc(-c2ccc3oc4c(ccc5c6cc(-c7cccc(C(/C=C(\NN)c8ccccc8)c8ccccc8)c7)ccc6oc54)c3c2)c1.N=C(/C=C(\N)c1ccccc1)c1ccccc1. The van der Waals surface area contributed by atoms with Gasteiger partial charge >= 0.3 is 0 Å². The van der Waals surface area contributed by atoms with E-state index in [2.05, 4.69) is 152 Å². The van der Waals surface area contributed by atoms with Crippen molar-refractivity contribution < 1.29 is 8.83 Å². The van der Waals surface area contributed by atoms with Crippen LogP contribution in [0, 0.1) is 12.3 Å². The van der Waals surface area contributed by atoms with E-state index in [1.54, 1.807) is 6.08 Å². The van der Waals surface area contributed by atoms with Crippen LogP contribution in [-0.4, -0.2) is 5.71 Å². The third-order valence-corrected chi connectivity index (χ3v) is 12.2. The van der Waals surface area contributed by atoms with E-state index in [9.17, 15) is 0 Å². The number of benzene rings is 9. The minimum atomic E-state index is -0.0197. The minimum Gasteiger partial charge on any atom is -0.452 e. The molecule has 2 heterocycles. The highest BCUT2D eigenvalue weighted by Crippen LogP contribution is 2.41. The molecule has 2 aromatic heterocycles. The number of hydrogen-bond donors (Lipinski definition) is 4. The first kappa shape index (κ1) is 42.3. The summed E-state index contributed by atoms with van der Waals surface area (Å²) >= 11 is 0. The number of hydrogen-bond acceptors (Lipinski definition) is 6. The second kappa shape index (κ2) is 18.8. The maximum Gasteiger partial charge on any atom is 0.178 e. The van der Waals surface area contributed by atoms with Crippen molar-refractivity contribution in [3.63, 3.8) is 0 Å². The molecule has 6 heteroatoms. The topological polar surface area (TPSA) is 114 Å². The van der Waals surface area contributed by atoms with Crippen molar-refractivity contribution in [3.05, 3.63) is 264 Å². The summed E-state index contributed by atoms with van der Waals surface area (Å²) in [5.41, 5.74) is 25.1. The molecule has 0 radical (unpaired) electrons. The molecule has 324 valence electrons. The van der Waals surface area contributed by atoms with E-state index < -0.39 is 0 Å². The highest BCUT2D eigenvalue weighted by atomic mass is 16.4. The average Bonchev–Trinajstić information content (AvgIpc) is 3.96. The van der Waals surface area contributed by atoms with Gasteiger partial charge < -0.3 is 25.4 Å². The molecule has 1 atom stereocenters. The van der Waals surface area contributed by atoms with Crippen molar-refractivity contribution in [3.8, 4) is 22.3 Å². The van der Waals surface area contributed by atoms with Gasteiger partial charge in [-0.05, 0) is 106 Å². The normalized spacial score (nSPS) is 12.3. The van der Waals surface area contributed by atoms with Crippen molar-refractivity contribution in [1.29, 1.82) is 5.41 Å². The molecule has 6 nitrogen and oxygen atoms in total. The van der Waals surface area contributed by atoms with Gasteiger partial charge in [0.05, 0.1) is 11.4 Å². The Bertz CT molecular complexity index is 3590. The van der Waals surface area contributed by atoms with Crippen LogP contribution in [0.5, 0.6) is 0 Å². The summed E-state index contributed by atoms with van der Waals surface area (Å²) in [5, 5.41) is 12.2. The van der Waals surface area contributed by atoms with Crippen molar-refractivity contribution in [2.75, 3.05) is 0 Å². The molecule has 9 aromatic carbocycles. The molecule has 0 saturated heterocycles. The smallest absolute Gasteiger partial charge is 0.178 e. The predicted octanol–water partition coefficient (Wildman–Crippen LogP) is 14.8. The Morgan fingerprint density at radius 1 is 0.478 bits per heavy atom. The van der Waals surface area contributed by atoms with E-state index in [4.69, 9.17) is 25.8 Å². The lowest BCUT2D eigenvalue weighted by Crippen LogP contribution is -2.20. The van der Waals surface area contributed by atoms with Gasteiger partial charge in [0.2, 0.25) is 0 Å². The van der Waals surface area contributed by atoms with Gasteiger partial charge in [-0.3, -0.25) is 5.84 Å². The number of aryl methyl sites for hydroxylation is 1. The molecule has 0 spiro atoms. The molecule has 11 rings (SSSR count). The Morgan fingerprint density at radius 3 is 1.51 bits per heavy atom. The number of nitrogens with two attached hydrogens (primary N) is 2. The molecular formula is C61H48N4O2. The summed E-state index contributed by atoms with van der Waals surface area (Å²) in [6, 6.07) is 74.5. The average molecular weight is 869 g/mol. The maximum atomic E-state index is 7.95. The zero-order chi connectivity index (χ0) is 45.7. The van der Waals surface area contributed by atoms with Gasteiger partial charge in [-0.1, -0.05) is 188 Å². The fourth-order valence-corrected chi connectivity index (χ4v) is 8.79. The second-order valence-electron chi connectivity index (χ2n) is 16.7. The van der Waals surface area contributed by atoms with E-state index in [0.29, 0.717) is 11.4 Å². The van der Waals surface area contributed by atoms with E-state index >= 15 is 0 Å². The molecule has 11 aromatic rings. The molecule has 0 fully saturated rings. The molecule has 0 aliphatic heterocycles. The van der Waals surface area contributed by atoms with Crippen LogP contribution in [0.25, 0.3) is 77.5 Å². The first-order valence-corrected chi connectivity index (χ1v) is 22.3. The Hall–Kier alpha value is -8.71. The summed E-state index contributed by atoms with van der Waals surface area (Å²) in [7, 11) is 0. The van der Waals surface area contributed by atoms with Crippen molar-refractivity contribution in [1.82, 2.24) is 5.43 Å². The van der Waals surface area contributed by atoms with Gasteiger partial charge in [-0.25, -0.2) is 0 Å². The Balaban J connectivity index is 0.000000261. The van der Waals surface area contributed by atoms with Gasteiger partial charge in [-0.2, -0.15) is 0 Å². The second-order valence-corrected chi connectivity index (χ2v) is 16.7. The molecule has 6 N–H and O–H groups in total. The Labute approximate surface area is 389 Å². The quantitative estimate of drug-likeness (QED) is 0.0621. The summed E-state index contributed by atoms with van der Waals surface area (Å²) in [6.07, 6.45) is 3.89. The number of allylic oxidation sites excluding steroid dienone is 2. The van der Waals surface area contributed by atoms with Crippen LogP contribution >= 0.6 is 0 Å². The number of fused-ring (bicyclic) bond motifs is 7. The first-order valence-electron chi connectivity index (χ1n) is 22.3. The van der Waals surface area contributed by atoms with E-state index in [-0.39, 0.29) is 5.92 Å². The number of nitrogens with one attached hydrogen (secondary N) is 2. The summed E-state index contributed by atoms with van der Waals surface area (Å²) in [5.74, 6) is 6.06. The van der Waals surface area contributed by atoms with Crippen LogP contribution in [-0.2, 0) is 0 Å². The fourth-order valence-electron chi connectivity index (χ4n) is 8.79. The van der Waals surface area contributed by atoms with Crippen LogP contribution < -0.4 is 17.0 Å². The number of hydrazine groups is 1. The van der Waals surface area contributed by atoms with Crippen LogP contribution in [0.3, 0.4) is 0 Å². The summed E-state index contributed by atoms with van der Waals surface area (Å²) < 4.78 is 13.0. The zero-order valence-electron chi connectivity index (χ0n) is 37.0. The van der Waals surface area contributed by atoms with Gasteiger partial charge in [0.15, 0.2) is 11.2 Å². The van der Waals surface area contributed by atoms with Gasteiger partial charge in [0, 0.05) is 33.2 Å². The lowest BCUT2D eigenvalue weighted by atomic mass is 9.88. The van der Waals surface area contributed by atoms with E-state index in [1.165, 1.54) is 27.8 Å². The Kier molecular flexibility index (Phi) is 11.8. The van der Waals surface area contributed by atoms with Crippen LogP contribution in [0.4, 0.5) is 0 Å². The summed E-state index contributed by atoms with van der Waals surface area (Å²) in [4.78, 5) is 0. The van der Waals surface area contributed by atoms with Crippen LogP contribution in [0.1, 0.15) is 39.3 Å². The first-order chi connectivity index (χ1) is 32.9. The monoisotopic (exact) mass is 868 g/mol. The van der Waals surface area contributed by atoms with Crippen molar-refractivity contribution in [2.45, 2.75) is 12.8 Å². The number of furan rings is 2. The molecule has 0 saturated carbocycles. The highest BCUT2D eigenvalue weighted by Gasteiger charge is 2.19. The largest absolute Gasteiger partial charge is 0.452 e. The Morgan fingerprint density at radius 2 is 0.955 bits per heavy atom. The maximum absolute atomic E-state index is 7.95. The minimum absolute atomic E-state index is 0.0197.